The van der Waals surface area contributed by atoms with E-state index in [9.17, 15) is 0 Å². The normalized spacial score (nSPS) is 19.4. The minimum absolute atomic E-state index is 0.298. The Balaban J connectivity index is 2.70. The Labute approximate surface area is 75.4 Å². The molecule has 0 bridgehead atoms. The molecule has 0 aromatic heterocycles. The van der Waals surface area contributed by atoms with Crippen molar-refractivity contribution in [3.63, 3.8) is 0 Å². The van der Waals surface area contributed by atoms with Gasteiger partial charge in [-0.15, -0.1) is 0 Å². The SMILES string of the molecule is CCC#CC1=CC=CC(C)(C)C1. The highest BCUT2D eigenvalue weighted by Gasteiger charge is 2.17. The van der Waals surface area contributed by atoms with Crippen LogP contribution in [0.2, 0.25) is 0 Å². The number of allylic oxidation sites excluding steroid dienone is 4. The van der Waals surface area contributed by atoms with E-state index in [1.807, 2.05) is 0 Å². The molecule has 1 rings (SSSR count). The van der Waals surface area contributed by atoms with Crippen molar-refractivity contribution >= 4 is 0 Å². The van der Waals surface area contributed by atoms with Crippen LogP contribution in [0.4, 0.5) is 0 Å². The maximum absolute atomic E-state index is 3.19. The molecule has 0 saturated carbocycles. The average Bonchev–Trinajstić information content (AvgIpc) is 1.99. The molecule has 12 heavy (non-hydrogen) atoms. The van der Waals surface area contributed by atoms with Crippen LogP contribution in [-0.2, 0) is 0 Å². The lowest BCUT2D eigenvalue weighted by atomic mass is 9.82. The predicted molar refractivity (Wildman–Crippen MR) is 53.7 cm³/mol. The van der Waals surface area contributed by atoms with Crippen molar-refractivity contribution in [3.05, 3.63) is 23.8 Å². The van der Waals surface area contributed by atoms with Gasteiger partial charge in [0.1, 0.15) is 0 Å². The Kier molecular flexibility index (Phi) is 2.76. The Morgan fingerprint density at radius 3 is 2.83 bits per heavy atom. The van der Waals surface area contributed by atoms with Crippen molar-refractivity contribution < 1.29 is 0 Å². The fraction of sp³-hybridized carbons (Fsp3) is 0.500. The van der Waals surface area contributed by atoms with E-state index in [0.717, 1.165) is 12.8 Å². The van der Waals surface area contributed by atoms with Crippen molar-refractivity contribution in [3.8, 4) is 11.8 Å². The van der Waals surface area contributed by atoms with E-state index in [1.54, 1.807) is 0 Å². The van der Waals surface area contributed by atoms with Crippen LogP contribution in [0.5, 0.6) is 0 Å². The molecule has 0 radical (unpaired) electrons. The molecule has 64 valence electrons. The molecular weight excluding hydrogens is 144 g/mol. The van der Waals surface area contributed by atoms with E-state index in [1.165, 1.54) is 5.57 Å². The minimum Gasteiger partial charge on any atom is -0.0985 e. The second-order valence-electron chi connectivity index (χ2n) is 3.87. The molecule has 0 spiro atoms. The van der Waals surface area contributed by atoms with Crippen molar-refractivity contribution in [1.29, 1.82) is 0 Å². The summed E-state index contributed by atoms with van der Waals surface area (Å²) in [5.74, 6) is 6.29. The van der Waals surface area contributed by atoms with Crippen molar-refractivity contribution in [2.75, 3.05) is 0 Å². The third-order valence-corrected chi connectivity index (χ3v) is 1.92. The number of rotatable bonds is 0. The lowest BCUT2D eigenvalue weighted by Gasteiger charge is -2.22. The van der Waals surface area contributed by atoms with Crippen molar-refractivity contribution in [2.24, 2.45) is 5.41 Å². The standard InChI is InChI=1S/C12H16/c1-4-5-7-11-8-6-9-12(2,3)10-11/h6,8-9H,4,10H2,1-3H3. The molecule has 1 aliphatic carbocycles. The third-order valence-electron chi connectivity index (χ3n) is 1.92. The molecule has 0 amide bonds. The van der Waals surface area contributed by atoms with Crippen molar-refractivity contribution in [1.82, 2.24) is 0 Å². The van der Waals surface area contributed by atoms with Crippen LogP contribution in [0, 0.1) is 17.3 Å². The lowest BCUT2D eigenvalue weighted by Crippen LogP contribution is -2.10. The quantitative estimate of drug-likeness (QED) is 0.477. The molecule has 0 heterocycles. The first-order valence-corrected chi connectivity index (χ1v) is 4.51. The number of hydrogen-bond acceptors (Lipinski definition) is 0. The van der Waals surface area contributed by atoms with Crippen LogP contribution in [0.15, 0.2) is 23.8 Å². The molecule has 0 aromatic carbocycles. The van der Waals surface area contributed by atoms with Gasteiger partial charge in [-0.2, -0.15) is 0 Å². The largest absolute Gasteiger partial charge is 0.0985 e. The zero-order chi connectivity index (χ0) is 9.03. The average molecular weight is 160 g/mol. The summed E-state index contributed by atoms with van der Waals surface area (Å²) in [4.78, 5) is 0. The first-order chi connectivity index (χ1) is 5.64. The highest BCUT2D eigenvalue weighted by atomic mass is 14.2. The van der Waals surface area contributed by atoms with E-state index >= 15 is 0 Å². The molecule has 0 atom stereocenters. The summed E-state index contributed by atoms with van der Waals surface area (Å²) in [5, 5.41) is 0. The topological polar surface area (TPSA) is 0 Å². The van der Waals surface area contributed by atoms with Gasteiger partial charge in [-0.25, -0.2) is 0 Å². The minimum atomic E-state index is 0.298. The summed E-state index contributed by atoms with van der Waals surface area (Å²) < 4.78 is 0. The van der Waals surface area contributed by atoms with Crippen molar-refractivity contribution in [2.45, 2.75) is 33.6 Å². The van der Waals surface area contributed by atoms with E-state index < -0.39 is 0 Å². The van der Waals surface area contributed by atoms with Crippen LogP contribution in [0.25, 0.3) is 0 Å². The Hall–Kier alpha value is -0.960. The predicted octanol–water partition coefficient (Wildman–Crippen LogP) is 3.31. The summed E-state index contributed by atoms with van der Waals surface area (Å²) in [6.07, 6.45) is 8.50. The van der Waals surface area contributed by atoms with E-state index in [-0.39, 0.29) is 0 Å². The molecule has 0 heteroatoms. The molecule has 0 unspecified atom stereocenters. The van der Waals surface area contributed by atoms with Crippen LogP contribution < -0.4 is 0 Å². The number of hydrogen-bond donors (Lipinski definition) is 0. The molecular formula is C12H16. The molecule has 0 fully saturated rings. The molecule has 0 N–H and O–H groups in total. The van der Waals surface area contributed by atoms with Gasteiger partial charge in [-0.05, 0) is 11.8 Å². The van der Waals surface area contributed by atoms with E-state index in [4.69, 9.17) is 0 Å². The van der Waals surface area contributed by atoms with Crippen LogP contribution in [-0.4, -0.2) is 0 Å². The Morgan fingerprint density at radius 2 is 2.25 bits per heavy atom. The highest BCUT2D eigenvalue weighted by molar-refractivity contribution is 5.36. The van der Waals surface area contributed by atoms with Gasteiger partial charge >= 0.3 is 0 Å². The Morgan fingerprint density at radius 1 is 1.50 bits per heavy atom. The van der Waals surface area contributed by atoms with Gasteiger partial charge in [-0.1, -0.05) is 50.8 Å². The smallest absolute Gasteiger partial charge is 0.00639 e. The van der Waals surface area contributed by atoms with E-state index in [2.05, 4.69) is 50.8 Å². The summed E-state index contributed by atoms with van der Waals surface area (Å²) in [5.41, 5.74) is 1.57. The van der Waals surface area contributed by atoms with Crippen LogP contribution in [0.3, 0.4) is 0 Å². The van der Waals surface area contributed by atoms with Gasteiger partial charge < -0.3 is 0 Å². The summed E-state index contributed by atoms with van der Waals surface area (Å²) in [7, 11) is 0. The van der Waals surface area contributed by atoms with Gasteiger partial charge in [-0.3, -0.25) is 0 Å². The molecule has 0 aliphatic heterocycles. The van der Waals surface area contributed by atoms with Crippen LogP contribution >= 0.6 is 0 Å². The van der Waals surface area contributed by atoms with Gasteiger partial charge in [0.15, 0.2) is 0 Å². The fourth-order valence-corrected chi connectivity index (χ4v) is 1.32. The highest BCUT2D eigenvalue weighted by Crippen LogP contribution is 2.29. The first kappa shape index (κ1) is 9.13. The maximum atomic E-state index is 3.19. The van der Waals surface area contributed by atoms with Crippen LogP contribution in [0.1, 0.15) is 33.6 Å². The summed E-state index contributed by atoms with van der Waals surface area (Å²) in [6.45, 7) is 6.56. The van der Waals surface area contributed by atoms with Gasteiger partial charge in [0, 0.05) is 12.0 Å². The molecule has 0 saturated heterocycles. The third kappa shape index (κ3) is 2.58. The monoisotopic (exact) mass is 160 g/mol. The second-order valence-corrected chi connectivity index (χ2v) is 3.87. The van der Waals surface area contributed by atoms with Gasteiger partial charge in [0.25, 0.3) is 0 Å². The molecule has 0 nitrogen and oxygen atoms in total. The summed E-state index contributed by atoms with van der Waals surface area (Å²) >= 11 is 0. The Bertz CT molecular complexity index is 266. The zero-order valence-corrected chi connectivity index (χ0v) is 8.15. The molecule has 0 aromatic rings. The maximum Gasteiger partial charge on any atom is 0.00639 e. The van der Waals surface area contributed by atoms with Gasteiger partial charge in [0.05, 0.1) is 0 Å². The first-order valence-electron chi connectivity index (χ1n) is 4.51. The summed E-state index contributed by atoms with van der Waals surface area (Å²) in [6, 6.07) is 0. The molecule has 1 aliphatic rings. The van der Waals surface area contributed by atoms with E-state index in [0.29, 0.717) is 5.41 Å². The fourth-order valence-electron chi connectivity index (χ4n) is 1.32. The second kappa shape index (κ2) is 3.63. The van der Waals surface area contributed by atoms with Gasteiger partial charge in [0.2, 0.25) is 0 Å². The zero-order valence-electron chi connectivity index (χ0n) is 8.15. The lowest BCUT2D eigenvalue weighted by molar-refractivity contribution is 0.476.